The van der Waals surface area contributed by atoms with Crippen LogP contribution in [0.1, 0.15) is 17.3 Å². The van der Waals surface area contributed by atoms with Crippen LogP contribution in [0.3, 0.4) is 0 Å². The molecule has 0 aliphatic rings. The molecule has 7 nitrogen and oxygen atoms in total. The van der Waals surface area contributed by atoms with Crippen LogP contribution in [0.25, 0.3) is 17.0 Å². The molecule has 7 heteroatoms. The molecular formula is C15H12N4O3. The Labute approximate surface area is 125 Å². The van der Waals surface area contributed by atoms with E-state index in [0.717, 1.165) is 11.3 Å². The van der Waals surface area contributed by atoms with Gasteiger partial charge in [-0.3, -0.25) is 9.20 Å². The summed E-state index contributed by atoms with van der Waals surface area (Å²) in [5, 5.41) is 11.7. The number of anilines is 1. The largest absolute Gasteiger partial charge is 0.478 e. The SMILES string of the molecule is CC(=O)Nc1ccc(-c2cnc3ncc(C(=O)O)cn23)cc1. The normalized spacial score (nSPS) is 10.6. The molecule has 0 saturated heterocycles. The van der Waals surface area contributed by atoms with E-state index < -0.39 is 5.97 Å². The van der Waals surface area contributed by atoms with Crippen molar-refractivity contribution in [2.24, 2.45) is 0 Å². The number of carboxylic acid groups (broad SMARTS) is 1. The number of hydrogen-bond donors (Lipinski definition) is 2. The monoisotopic (exact) mass is 296 g/mol. The predicted octanol–water partition coefficient (Wildman–Crippen LogP) is 2.05. The fourth-order valence-electron chi connectivity index (χ4n) is 2.13. The lowest BCUT2D eigenvalue weighted by Crippen LogP contribution is -2.05. The fourth-order valence-corrected chi connectivity index (χ4v) is 2.13. The molecule has 0 saturated carbocycles. The third-order valence-corrected chi connectivity index (χ3v) is 3.11. The van der Waals surface area contributed by atoms with Crippen molar-refractivity contribution in [2.45, 2.75) is 6.92 Å². The van der Waals surface area contributed by atoms with Gasteiger partial charge in [0, 0.05) is 30.6 Å². The number of amides is 1. The van der Waals surface area contributed by atoms with Crippen molar-refractivity contribution in [3.05, 3.63) is 48.4 Å². The van der Waals surface area contributed by atoms with Crippen LogP contribution in [0.5, 0.6) is 0 Å². The summed E-state index contributed by atoms with van der Waals surface area (Å²) in [5.74, 6) is -0.765. The number of aromatic carboxylic acids is 1. The summed E-state index contributed by atoms with van der Waals surface area (Å²) in [5.41, 5.74) is 2.34. The summed E-state index contributed by atoms with van der Waals surface area (Å²) < 4.78 is 1.62. The number of nitrogens with zero attached hydrogens (tertiary/aromatic N) is 3. The topological polar surface area (TPSA) is 96.6 Å². The van der Waals surface area contributed by atoms with E-state index in [1.165, 1.54) is 19.3 Å². The van der Waals surface area contributed by atoms with Gasteiger partial charge in [0.25, 0.3) is 0 Å². The van der Waals surface area contributed by atoms with Crippen molar-refractivity contribution >= 4 is 23.3 Å². The number of hydrogen-bond acceptors (Lipinski definition) is 4. The second-order valence-electron chi connectivity index (χ2n) is 4.72. The Kier molecular flexibility index (Phi) is 3.30. The smallest absolute Gasteiger partial charge is 0.338 e. The molecule has 0 aliphatic heterocycles. The first-order valence-electron chi connectivity index (χ1n) is 6.49. The second kappa shape index (κ2) is 5.28. The van der Waals surface area contributed by atoms with Crippen LogP contribution in [-0.2, 0) is 4.79 Å². The molecule has 0 bridgehead atoms. The van der Waals surface area contributed by atoms with E-state index in [2.05, 4.69) is 15.3 Å². The zero-order valence-electron chi connectivity index (χ0n) is 11.6. The van der Waals surface area contributed by atoms with Gasteiger partial charge in [-0.25, -0.2) is 14.8 Å². The van der Waals surface area contributed by atoms with Crippen LogP contribution in [0.15, 0.2) is 42.9 Å². The van der Waals surface area contributed by atoms with Crippen molar-refractivity contribution in [2.75, 3.05) is 5.32 Å². The Bertz CT molecular complexity index is 868. The van der Waals surface area contributed by atoms with E-state index in [-0.39, 0.29) is 11.5 Å². The lowest BCUT2D eigenvalue weighted by atomic mass is 10.1. The maximum atomic E-state index is 11.0. The van der Waals surface area contributed by atoms with Gasteiger partial charge in [-0.2, -0.15) is 0 Å². The minimum atomic E-state index is -1.05. The summed E-state index contributed by atoms with van der Waals surface area (Å²) in [7, 11) is 0. The Morgan fingerprint density at radius 1 is 1.14 bits per heavy atom. The van der Waals surface area contributed by atoms with Crippen LogP contribution < -0.4 is 5.32 Å². The van der Waals surface area contributed by atoms with Crippen molar-refractivity contribution in [3.63, 3.8) is 0 Å². The van der Waals surface area contributed by atoms with Gasteiger partial charge >= 0.3 is 5.97 Å². The number of benzene rings is 1. The molecule has 0 spiro atoms. The Hall–Kier alpha value is -3.22. The van der Waals surface area contributed by atoms with Crippen LogP contribution >= 0.6 is 0 Å². The van der Waals surface area contributed by atoms with E-state index in [1.54, 1.807) is 22.7 Å². The molecule has 3 aromatic rings. The Balaban J connectivity index is 2.04. The van der Waals surface area contributed by atoms with Gasteiger partial charge in [-0.05, 0) is 12.1 Å². The van der Waals surface area contributed by atoms with Crippen LogP contribution in [0, 0.1) is 0 Å². The first kappa shape index (κ1) is 13.7. The molecule has 0 atom stereocenters. The molecule has 22 heavy (non-hydrogen) atoms. The lowest BCUT2D eigenvalue weighted by molar-refractivity contribution is -0.114. The molecule has 1 aromatic carbocycles. The molecule has 0 fully saturated rings. The van der Waals surface area contributed by atoms with Crippen molar-refractivity contribution in [3.8, 4) is 11.3 Å². The number of aromatic nitrogens is 3. The number of nitrogens with one attached hydrogen (secondary N) is 1. The van der Waals surface area contributed by atoms with Crippen LogP contribution in [0.4, 0.5) is 5.69 Å². The van der Waals surface area contributed by atoms with Gasteiger partial charge in [-0.15, -0.1) is 0 Å². The molecule has 0 radical (unpaired) electrons. The van der Waals surface area contributed by atoms with Gasteiger partial charge < -0.3 is 10.4 Å². The Morgan fingerprint density at radius 3 is 2.45 bits per heavy atom. The van der Waals surface area contributed by atoms with Gasteiger partial charge in [-0.1, -0.05) is 12.1 Å². The highest BCUT2D eigenvalue weighted by molar-refractivity contribution is 5.89. The Morgan fingerprint density at radius 2 is 1.82 bits per heavy atom. The number of rotatable bonds is 3. The average molecular weight is 296 g/mol. The highest BCUT2D eigenvalue weighted by Crippen LogP contribution is 2.22. The number of carbonyl (C=O) groups excluding carboxylic acids is 1. The maximum Gasteiger partial charge on any atom is 0.338 e. The van der Waals surface area contributed by atoms with Gasteiger partial charge in [0.2, 0.25) is 11.7 Å². The highest BCUT2D eigenvalue weighted by Gasteiger charge is 2.10. The molecule has 3 rings (SSSR count). The van der Waals surface area contributed by atoms with Gasteiger partial charge in [0.1, 0.15) is 0 Å². The molecule has 2 N–H and O–H groups in total. The van der Waals surface area contributed by atoms with E-state index >= 15 is 0 Å². The standard InChI is InChI=1S/C15H12N4O3/c1-9(20)18-12-4-2-10(3-5-12)13-7-17-15-16-6-11(14(21)22)8-19(13)15/h2-8H,1H3,(H,18,20)(H,21,22). The molecule has 110 valence electrons. The van der Waals surface area contributed by atoms with Gasteiger partial charge in [0.05, 0.1) is 17.5 Å². The highest BCUT2D eigenvalue weighted by atomic mass is 16.4. The minimum absolute atomic E-state index is 0.0848. The summed E-state index contributed by atoms with van der Waals surface area (Å²) in [6.45, 7) is 1.44. The zero-order chi connectivity index (χ0) is 15.7. The molecule has 2 aromatic heterocycles. The number of fused-ring (bicyclic) bond motifs is 1. The summed E-state index contributed by atoms with van der Waals surface area (Å²) in [6, 6.07) is 7.18. The molecule has 0 unspecified atom stereocenters. The maximum absolute atomic E-state index is 11.0. The lowest BCUT2D eigenvalue weighted by Gasteiger charge is -2.05. The van der Waals surface area contributed by atoms with E-state index in [4.69, 9.17) is 5.11 Å². The minimum Gasteiger partial charge on any atom is -0.478 e. The number of carbonyl (C=O) groups is 2. The predicted molar refractivity (Wildman–Crippen MR) is 79.7 cm³/mol. The summed E-state index contributed by atoms with van der Waals surface area (Å²) >= 11 is 0. The first-order chi connectivity index (χ1) is 10.5. The first-order valence-corrected chi connectivity index (χ1v) is 6.49. The third-order valence-electron chi connectivity index (χ3n) is 3.11. The van der Waals surface area contributed by atoms with Crippen molar-refractivity contribution < 1.29 is 14.7 Å². The molecule has 1 amide bonds. The van der Waals surface area contributed by atoms with Crippen LogP contribution in [-0.4, -0.2) is 31.4 Å². The molecular weight excluding hydrogens is 284 g/mol. The number of carboxylic acids is 1. The molecule has 0 aliphatic carbocycles. The third kappa shape index (κ3) is 2.51. The number of imidazole rings is 1. The summed E-state index contributed by atoms with van der Waals surface area (Å²) in [6.07, 6.45) is 4.38. The van der Waals surface area contributed by atoms with Crippen LogP contribution in [0.2, 0.25) is 0 Å². The van der Waals surface area contributed by atoms with Gasteiger partial charge in [0.15, 0.2) is 0 Å². The van der Waals surface area contributed by atoms with Crippen molar-refractivity contribution in [1.29, 1.82) is 0 Å². The van der Waals surface area contributed by atoms with Crippen molar-refractivity contribution in [1.82, 2.24) is 14.4 Å². The zero-order valence-corrected chi connectivity index (χ0v) is 11.6. The summed E-state index contributed by atoms with van der Waals surface area (Å²) in [4.78, 5) is 30.2. The average Bonchev–Trinajstić information content (AvgIpc) is 2.90. The molecule has 2 heterocycles. The van der Waals surface area contributed by atoms with E-state index in [1.807, 2.05) is 12.1 Å². The quantitative estimate of drug-likeness (QED) is 0.771. The second-order valence-corrected chi connectivity index (χ2v) is 4.72. The fraction of sp³-hybridized carbons (Fsp3) is 0.0667. The van der Waals surface area contributed by atoms with E-state index in [0.29, 0.717) is 11.5 Å². The van der Waals surface area contributed by atoms with E-state index in [9.17, 15) is 9.59 Å².